The fraction of sp³-hybridized carbons (Fsp3) is 0.150. The average molecular weight is 429 g/mol. The zero-order chi connectivity index (χ0) is 20.1. The number of rotatable bonds is 5. The number of halogens is 1. The Labute approximate surface area is 178 Å². The molecule has 148 valence electrons. The van der Waals surface area contributed by atoms with Crippen LogP contribution in [0.5, 0.6) is 23.1 Å². The van der Waals surface area contributed by atoms with Gasteiger partial charge in [-0.3, -0.25) is 0 Å². The zero-order valence-corrected chi connectivity index (χ0v) is 16.8. The van der Waals surface area contributed by atoms with Crippen LogP contribution in [-0.4, -0.2) is 28.3 Å². The van der Waals surface area contributed by atoms with Crippen LogP contribution in [0.3, 0.4) is 0 Å². The SMILES string of the molecule is S=C(NCc1ccc2c(c1)OCCO2)Nc1nc(Cl)cc(Oc2ccccc2)n1. The molecule has 3 aromatic rings. The molecule has 0 bridgehead atoms. The van der Waals surface area contributed by atoms with Crippen molar-refractivity contribution in [2.75, 3.05) is 18.5 Å². The maximum Gasteiger partial charge on any atom is 0.233 e. The van der Waals surface area contributed by atoms with Crippen LogP contribution in [0, 0.1) is 0 Å². The Morgan fingerprint density at radius 2 is 1.83 bits per heavy atom. The van der Waals surface area contributed by atoms with Gasteiger partial charge in [0.15, 0.2) is 16.6 Å². The van der Waals surface area contributed by atoms with Crippen molar-refractivity contribution in [3.8, 4) is 23.1 Å². The minimum atomic E-state index is 0.239. The van der Waals surface area contributed by atoms with E-state index in [0.29, 0.717) is 36.5 Å². The summed E-state index contributed by atoms with van der Waals surface area (Å²) < 4.78 is 16.8. The first-order valence-electron chi connectivity index (χ1n) is 8.86. The van der Waals surface area contributed by atoms with Crippen molar-refractivity contribution in [2.24, 2.45) is 0 Å². The second kappa shape index (κ2) is 8.93. The summed E-state index contributed by atoms with van der Waals surface area (Å²) in [6.07, 6.45) is 0. The van der Waals surface area contributed by atoms with Gasteiger partial charge in [-0.1, -0.05) is 35.9 Å². The summed E-state index contributed by atoms with van der Waals surface area (Å²) in [4.78, 5) is 8.42. The summed E-state index contributed by atoms with van der Waals surface area (Å²) in [6, 6.07) is 16.6. The topological polar surface area (TPSA) is 77.5 Å². The molecule has 1 aliphatic heterocycles. The molecule has 0 radical (unpaired) electrons. The Hall–Kier alpha value is -3.10. The molecule has 0 saturated carbocycles. The molecular weight excluding hydrogens is 412 g/mol. The van der Waals surface area contributed by atoms with E-state index in [4.69, 9.17) is 38.0 Å². The van der Waals surface area contributed by atoms with Crippen molar-refractivity contribution in [3.05, 3.63) is 65.3 Å². The molecule has 9 heteroatoms. The van der Waals surface area contributed by atoms with Crippen molar-refractivity contribution in [1.29, 1.82) is 0 Å². The van der Waals surface area contributed by atoms with E-state index in [-0.39, 0.29) is 11.1 Å². The van der Waals surface area contributed by atoms with Crippen LogP contribution in [0.2, 0.25) is 5.15 Å². The van der Waals surface area contributed by atoms with Crippen molar-refractivity contribution >= 4 is 34.9 Å². The van der Waals surface area contributed by atoms with E-state index in [1.54, 1.807) is 0 Å². The molecule has 7 nitrogen and oxygen atoms in total. The molecule has 1 aromatic heterocycles. The summed E-state index contributed by atoms with van der Waals surface area (Å²) >= 11 is 11.4. The number of hydrogen-bond acceptors (Lipinski definition) is 6. The smallest absolute Gasteiger partial charge is 0.233 e. The lowest BCUT2D eigenvalue weighted by Gasteiger charge is -2.19. The molecule has 0 saturated heterocycles. The third-order valence-electron chi connectivity index (χ3n) is 3.92. The molecule has 0 amide bonds. The number of fused-ring (bicyclic) bond motifs is 1. The van der Waals surface area contributed by atoms with Crippen LogP contribution in [-0.2, 0) is 6.54 Å². The number of aromatic nitrogens is 2. The fourth-order valence-corrected chi connectivity index (χ4v) is 2.98. The largest absolute Gasteiger partial charge is 0.486 e. The van der Waals surface area contributed by atoms with Gasteiger partial charge in [0, 0.05) is 12.6 Å². The standard InChI is InChI=1S/C20H17ClN4O3S/c21-17-11-18(28-14-4-2-1-3-5-14)24-19(23-17)25-20(29)22-12-13-6-7-15-16(10-13)27-9-8-26-15/h1-7,10-11H,8-9,12H2,(H2,22,23,24,25,29). The van der Waals surface area contributed by atoms with Crippen molar-refractivity contribution in [1.82, 2.24) is 15.3 Å². The van der Waals surface area contributed by atoms with E-state index < -0.39 is 0 Å². The molecular formula is C20H17ClN4O3S. The van der Waals surface area contributed by atoms with Crippen molar-refractivity contribution in [3.63, 3.8) is 0 Å². The summed E-state index contributed by atoms with van der Waals surface area (Å²) in [5, 5.41) is 6.62. The number of para-hydroxylation sites is 1. The number of anilines is 1. The van der Waals surface area contributed by atoms with Gasteiger partial charge in [0.25, 0.3) is 0 Å². The van der Waals surface area contributed by atoms with Gasteiger partial charge in [-0.25, -0.2) is 4.98 Å². The van der Waals surface area contributed by atoms with Gasteiger partial charge < -0.3 is 24.8 Å². The average Bonchev–Trinajstić information content (AvgIpc) is 2.72. The fourth-order valence-electron chi connectivity index (χ4n) is 2.64. The maximum absolute atomic E-state index is 6.08. The highest BCUT2D eigenvalue weighted by molar-refractivity contribution is 7.80. The second-order valence-electron chi connectivity index (χ2n) is 6.05. The van der Waals surface area contributed by atoms with Crippen LogP contribution in [0.25, 0.3) is 0 Å². The first kappa shape index (κ1) is 19.2. The summed E-state index contributed by atoms with van der Waals surface area (Å²) in [7, 11) is 0. The molecule has 2 heterocycles. The van der Waals surface area contributed by atoms with Gasteiger partial charge in [-0.05, 0) is 42.0 Å². The van der Waals surface area contributed by atoms with Gasteiger partial charge in [0.1, 0.15) is 24.1 Å². The molecule has 2 aromatic carbocycles. The Balaban J connectivity index is 1.37. The quantitative estimate of drug-likeness (QED) is 0.463. The van der Waals surface area contributed by atoms with Crippen LogP contribution in [0.15, 0.2) is 54.6 Å². The first-order valence-corrected chi connectivity index (χ1v) is 9.65. The molecule has 0 fully saturated rings. The highest BCUT2D eigenvalue weighted by Gasteiger charge is 2.12. The second-order valence-corrected chi connectivity index (χ2v) is 6.85. The molecule has 1 aliphatic rings. The Kier molecular flexibility index (Phi) is 5.92. The predicted octanol–water partition coefficient (Wildman–Crippen LogP) is 4.18. The third kappa shape index (κ3) is 5.24. The number of nitrogens with one attached hydrogen (secondary N) is 2. The lowest BCUT2D eigenvalue weighted by molar-refractivity contribution is 0.171. The van der Waals surface area contributed by atoms with E-state index in [1.807, 2.05) is 48.5 Å². The minimum absolute atomic E-state index is 0.239. The molecule has 0 unspecified atom stereocenters. The highest BCUT2D eigenvalue weighted by Crippen LogP contribution is 2.30. The van der Waals surface area contributed by atoms with Crippen molar-refractivity contribution < 1.29 is 14.2 Å². The van der Waals surface area contributed by atoms with Gasteiger partial charge >= 0.3 is 0 Å². The van der Waals surface area contributed by atoms with E-state index in [0.717, 1.165) is 17.1 Å². The Morgan fingerprint density at radius 1 is 1.03 bits per heavy atom. The van der Waals surface area contributed by atoms with Crippen LogP contribution in [0.1, 0.15) is 5.56 Å². The van der Waals surface area contributed by atoms with E-state index in [1.165, 1.54) is 6.07 Å². The third-order valence-corrected chi connectivity index (χ3v) is 4.36. The maximum atomic E-state index is 6.08. The number of hydrogen-bond donors (Lipinski definition) is 2. The highest BCUT2D eigenvalue weighted by atomic mass is 35.5. The Bertz CT molecular complexity index is 1020. The lowest BCUT2D eigenvalue weighted by atomic mass is 10.2. The summed E-state index contributed by atoms with van der Waals surface area (Å²) in [6.45, 7) is 1.61. The zero-order valence-electron chi connectivity index (χ0n) is 15.2. The number of ether oxygens (including phenoxy) is 3. The Morgan fingerprint density at radius 3 is 2.66 bits per heavy atom. The number of benzene rings is 2. The first-order chi connectivity index (χ1) is 14.2. The summed E-state index contributed by atoms with van der Waals surface area (Å²) in [5.74, 6) is 2.68. The van der Waals surface area contributed by atoms with Gasteiger partial charge in [0.2, 0.25) is 11.8 Å². The summed E-state index contributed by atoms with van der Waals surface area (Å²) in [5.41, 5.74) is 0.999. The number of thiocarbonyl (C=S) groups is 1. The lowest BCUT2D eigenvalue weighted by Crippen LogP contribution is -2.28. The van der Waals surface area contributed by atoms with E-state index in [9.17, 15) is 0 Å². The molecule has 2 N–H and O–H groups in total. The molecule has 29 heavy (non-hydrogen) atoms. The van der Waals surface area contributed by atoms with E-state index in [2.05, 4.69) is 20.6 Å². The molecule has 4 rings (SSSR count). The molecule has 0 aliphatic carbocycles. The van der Waals surface area contributed by atoms with Crippen molar-refractivity contribution in [2.45, 2.75) is 6.54 Å². The number of nitrogens with zero attached hydrogens (tertiary/aromatic N) is 2. The van der Waals surface area contributed by atoms with Crippen LogP contribution < -0.4 is 24.8 Å². The predicted molar refractivity (Wildman–Crippen MR) is 114 cm³/mol. The van der Waals surface area contributed by atoms with Crippen LogP contribution in [0.4, 0.5) is 5.95 Å². The monoisotopic (exact) mass is 428 g/mol. The molecule has 0 spiro atoms. The van der Waals surface area contributed by atoms with Crippen LogP contribution >= 0.6 is 23.8 Å². The van der Waals surface area contributed by atoms with Gasteiger partial charge in [0.05, 0.1) is 0 Å². The van der Waals surface area contributed by atoms with Gasteiger partial charge in [-0.15, -0.1) is 0 Å². The molecule has 0 atom stereocenters. The minimum Gasteiger partial charge on any atom is -0.486 e. The van der Waals surface area contributed by atoms with Gasteiger partial charge in [-0.2, -0.15) is 4.98 Å². The van der Waals surface area contributed by atoms with E-state index >= 15 is 0 Å². The normalized spacial score (nSPS) is 12.2.